The second-order valence-corrected chi connectivity index (χ2v) is 3.81. The Bertz CT molecular complexity index is 313. The van der Waals surface area contributed by atoms with Crippen LogP contribution in [0.1, 0.15) is 39.2 Å². The quantitative estimate of drug-likeness (QED) is 0.786. The van der Waals surface area contributed by atoms with Gasteiger partial charge in [-0.1, -0.05) is 33.8 Å². The summed E-state index contributed by atoms with van der Waals surface area (Å²) >= 11 is 0. The van der Waals surface area contributed by atoms with Crippen LogP contribution in [0.5, 0.6) is 0 Å². The molecule has 0 fully saturated rings. The van der Waals surface area contributed by atoms with Gasteiger partial charge in [0.2, 0.25) is 0 Å². The molecule has 1 rings (SSSR count). The Kier molecular flexibility index (Phi) is 8.42. The van der Waals surface area contributed by atoms with Crippen molar-refractivity contribution < 1.29 is 9.13 Å². The summed E-state index contributed by atoms with van der Waals surface area (Å²) in [7, 11) is 1.65. The molecule has 0 aromatic heterocycles. The maximum atomic E-state index is 13.0. The molecular formula is C14H24FNO. The van der Waals surface area contributed by atoms with Gasteiger partial charge in [-0.3, -0.25) is 0 Å². The van der Waals surface area contributed by atoms with Crippen molar-refractivity contribution in [3.8, 4) is 0 Å². The van der Waals surface area contributed by atoms with E-state index in [1.807, 2.05) is 19.9 Å². The lowest BCUT2D eigenvalue weighted by Gasteiger charge is -2.14. The summed E-state index contributed by atoms with van der Waals surface area (Å²) in [6, 6.07) is 4.86. The molecule has 0 heterocycles. The number of halogens is 1. The molecule has 0 amide bonds. The summed E-state index contributed by atoms with van der Waals surface area (Å²) in [6.07, 6.45) is 0. The standard InChI is InChI=1S/C12H18FNO.C2H6/c1-9(2)11-5-4-10(13)8-12(11)14-6-7-15-3;1-2/h4-5,8-9,14H,6-7H2,1-3H3;1-2H3. The van der Waals surface area contributed by atoms with Crippen LogP contribution in [0, 0.1) is 5.82 Å². The van der Waals surface area contributed by atoms with Gasteiger partial charge in [-0.25, -0.2) is 4.39 Å². The fourth-order valence-corrected chi connectivity index (χ4v) is 1.47. The van der Waals surface area contributed by atoms with Gasteiger partial charge in [0.25, 0.3) is 0 Å². The predicted molar refractivity (Wildman–Crippen MR) is 72.2 cm³/mol. The van der Waals surface area contributed by atoms with Gasteiger partial charge in [-0.05, 0) is 23.6 Å². The number of ether oxygens (including phenoxy) is 1. The Hall–Kier alpha value is -1.09. The predicted octanol–water partition coefficient (Wildman–Crippen LogP) is 4.03. The Balaban J connectivity index is 0.00000121. The molecule has 0 aliphatic carbocycles. The highest BCUT2D eigenvalue weighted by molar-refractivity contribution is 5.52. The zero-order chi connectivity index (χ0) is 13.3. The highest BCUT2D eigenvalue weighted by atomic mass is 19.1. The number of nitrogens with one attached hydrogen (secondary N) is 1. The van der Waals surface area contributed by atoms with Crippen LogP contribution in [0.2, 0.25) is 0 Å². The van der Waals surface area contributed by atoms with Gasteiger partial charge in [0.05, 0.1) is 6.61 Å². The third kappa shape index (κ3) is 5.68. The molecular weight excluding hydrogens is 217 g/mol. The van der Waals surface area contributed by atoms with Gasteiger partial charge in [0.15, 0.2) is 0 Å². The van der Waals surface area contributed by atoms with Crippen molar-refractivity contribution in [2.45, 2.75) is 33.6 Å². The first-order valence-corrected chi connectivity index (χ1v) is 6.17. The maximum absolute atomic E-state index is 13.0. The maximum Gasteiger partial charge on any atom is 0.125 e. The van der Waals surface area contributed by atoms with Crippen molar-refractivity contribution in [3.05, 3.63) is 29.6 Å². The first-order valence-electron chi connectivity index (χ1n) is 6.17. The molecule has 2 nitrogen and oxygen atoms in total. The molecule has 0 aliphatic rings. The number of anilines is 1. The molecule has 1 aromatic carbocycles. The minimum Gasteiger partial charge on any atom is -0.383 e. The van der Waals surface area contributed by atoms with Crippen LogP contribution in [0.25, 0.3) is 0 Å². The number of hydrogen-bond donors (Lipinski definition) is 1. The number of methoxy groups -OCH3 is 1. The largest absolute Gasteiger partial charge is 0.383 e. The monoisotopic (exact) mass is 241 g/mol. The van der Waals surface area contributed by atoms with Crippen LogP contribution in [0.3, 0.4) is 0 Å². The molecule has 0 atom stereocenters. The molecule has 98 valence electrons. The summed E-state index contributed by atoms with van der Waals surface area (Å²) in [5.74, 6) is 0.176. The Morgan fingerprint density at radius 2 is 1.94 bits per heavy atom. The van der Waals surface area contributed by atoms with Crippen molar-refractivity contribution in [1.82, 2.24) is 0 Å². The molecule has 0 spiro atoms. The van der Waals surface area contributed by atoms with Crippen molar-refractivity contribution in [2.75, 3.05) is 25.6 Å². The number of benzene rings is 1. The van der Waals surface area contributed by atoms with E-state index < -0.39 is 0 Å². The van der Waals surface area contributed by atoms with E-state index in [2.05, 4.69) is 19.2 Å². The molecule has 0 radical (unpaired) electrons. The molecule has 1 aromatic rings. The van der Waals surface area contributed by atoms with Gasteiger partial charge in [-0.15, -0.1) is 0 Å². The Morgan fingerprint density at radius 3 is 2.47 bits per heavy atom. The Labute approximate surface area is 104 Å². The van der Waals surface area contributed by atoms with E-state index >= 15 is 0 Å². The van der Waals surface area contributed by atoms with Crippen LogP contribution in [0.4, 0.5) is 10.1 Å². The SMILES string of the molecule is CC.COCCNc1cc(F)ccc1C(C)C. The topological polar surface area (TPSA) is 21.3 Å². The van der Waals surface area contributed by atoms with Gasteiger partial charge >= 0.3 is 0 Å². The minimum absolute atomic E-state index is 0.209. The summed E-state index contributed by atoms with van der Waals surface area (Å²) in [4.78, 5) is 0. The number of hydrogen-bond acceptors (Lipinski definition) is 2. The lowest BCUT2D eigenvalue weighted by molar-refractivity contribution is 0.210. The van der Waals surface area contributed by atoms with Crippen molar-refractivity contribution in [2.24, 2.45) is 0 Å². The van der Waals surface area contributed by atoms with E-state index in [1.54, 1.807) is 7.11 Å². The highest BCUT2D eigenvalue weighted by Gasteiger charge is 2.06. The van der Waals surface area contributed by atoms with Gasteiger partial charge in [-0.2, -0.15) is 0 Å². The fourth-order valence-electron chi connectivity index (χ4n) is 1.47. The lowest BCUT2D eigenvalue weighted by Crippen LogP contribution is -2.10. The highest BCUT2D eigenvalue weighted by Crippen LogP contribution is 2.24. The van der Waals surface area contributed by atoms with E-state index in [9.17, 15) is 4.39 Å². The van der Waals surface area contributed by atoms with Gasteiger partial charge in [0, 0.05) is 19.3 Å². The third-order valence-electron chi connectivity index (χ3n) is 2.26. The first-order chi connectivity index (χ1) is 8.15. The van der Waals surface area contributed by atoms with Crippen molar-refractivity contribution >= 4 is 5.69 Å². The lowest BCUT2D eigenvalue weighted by atomic mass is 10.0. The van der Waals surface area contributed by atoms with Crippen molar-refractivity contribution in [3.63, 3.8) is 0 Å². The van der Waals surface area contributed by atoms with Crippen LogP contribution in [-0.4, -0.2) is 20.3 Å². The van der Waals surface area contributed by atoms with Crippen molar-refractivity contribution in [1.29, 1.82) is 0 Å². The zero-order valence-corrected chi connectivity index (χ0v) is 11.5. The molecule has 0 aliphatic heterocycles. The minimum atomic E-state index is -0.209. The average molecular weight is 241 g/mol. The summed E-state index contributed by atoms with van der Waals surface area (Å²) < 4.78 is 18.0. The van der Waals surface area contributed by atoms with E-state index in [-0.39, 0.29) is 5.82 Å². The molecule has 17 heavy (non-hydrogen) atoms. The smallest absolute Gasteiger partial charge is 0.125 e. The third-order valence-corrected chi connectivity index (χ3v) is 2.26. The summed E-state index contributed by atoms with van der Waals surface area (Å²) in [6.45, 7) is 9.50. The first kappa shape index (κ1) is 15.9. The average Bonchev–Trinajstić information content (AvgIpc) is 2.32. The molecule has 0 saturated carbocycles. The molecule has 0 unspecified atom stereocenters. The molecule has 0 bridgehead atoms. The van der Waals surface area contributed by atoms with Crippen LogP contribution < -0.4 is 5.32 Å². The van der Waals surface area contributed by atoms with E-state index in [1.165, 1.54) is 12.1 Å². The Morgan fingerprint density at radius 1 is 1.29 bits per heavy atom. The number of rotatable bonds is 5. The fraction of sp³-hybridized carbons (Fsp3) is 0.571. The van der Waals surface area contributed by atoms with E-state index in [0.717, 1.165) is 11.3 Å². The van der Waals surface area contributed by atoms with Crippen LogP contribution >= 0.6 is 0 Å². The molecule has 3 heteroatoms. The second-order valence-electron chi connectivity index (χ2n) is 3.81. The van der Waals surface area contributed by atoms with E-state index in [4.69, 9.17) is 4.74 Å². The van der Waals surface area contributed by atoms with Gasteiger partial charge in [0.1, 0.15) is 5.82 Å². The summed E-state index contributed by atoms with van der Waals surface area (Å²) in [5.41, 5.74) is 1.99. The second kappa shape index (κ2) is 8.99. The van der Waals surface area contributed by atoms with E-state index in [0.29, 0.717) is 19.1 Å². The zero-order valence-electron chi connectivity index (χ0n) is 11.5. The summed E-state index contributed by atoms with van der Waals surface area (Å²) in [5, 5.41) is 3.17. The van der Waals surface area contributed by atoms with Crippen LogP contribution in [0.15, 0.2) is 18.2 Å². The van der Waals surface area contributed by atoms with Gasteiger partial charge < -0.3 is 10.1 Å². The molecule has 1 N–H and O–H groups in total. The normalized spacial score (nSPS) is 9.82. The van der Waals surface area contributed by atoms with Crippen LogP contribution in [-0.2, 0) is 4.74 Å². The molecule has 0 saturated heterocycles.